The lowest BCUT2D eigenvalue weighted by Gasteiger charge is -2.17. The van der Waals surface area contributed by atoms with Gasteiger partial charge in [-0.15, -0.1) is 35.3 Å². The normalized spacial score (nSPS) is 12.1. The largest absolute Gasteiger partial charge is 0.493 e. The molecule has 0 saturated heterocycles. The number of hydrogen-bond acceptors (Lipinski definition) is 5. The van der Waals surface area contributed by atoms with E-state index in [1.807, 2.05) is 13.0 Å². The maximum atomic E-state index is 10.5. The lowest BCUT2D eigenvalue weighted by molar-refractivity contribution is 0.180. The van der Waals surface area contributed by atoms with Crippen molar-refractivity contribution in [2.75, 3.05) is 27.3 Å². The van der Waals surface area contributed by atoms with E-state index in [4.69, 9.17) is 9.47 Å². The summed E-state index contributed by atoms with van der Waals surface area (Å²) >= 11 is 1.78. The lowest BCUT2D eigenvalue weighted by atomic mass is 10.1. The van der Waals surface area contributed by atoms with Gasteiger partial charge in [0.2, 0.25) is 0 Å². The van der Waals surface area contributed by atoms with Crippen molar-refractivity contribution in [1.82, 2.24) is 10.6 Å². The number of halogens is 1. The second kappa shape index (κ2) is 12.8. The highest BCUT2D eigenvalue weighted by molar-refractivity contribution is 14.0. The van der Waals surface area contributed by atoms with Crippen LogP contribution in [0.3, 0.4) is 0 Å². The molecule has 0 spiro atoms. The summed E-state index contributed by atoms with van der Waals surface area (Å²) in [6.07, 6.45) is 0.353. The van der Waals surface area contributed by atoms with Gasteiger partial charge in [0.05, 0.1) is 26.9 Å². The molecule has 0 saturated carbocycles. The number of rotatable bonds is 9. The van der Waals surface area contributed by atoms with E-state index in [2.05, 4.69) is 34.7 Å². The number of guanidine groups is 1. The van der Waals surface area contributed by atoms with Crippen LogP contribution in [0.1, 0.15) is 35.3 Å². The molecule has 28 heavy (non-hydrogen) atoms. The third-order valence-electron chi connectivity index (χ3n) is 4.06. The van der Waals surface area contributed by atoms with Crippen molar-refractivity contribution >= 4 is 41.3 Å². The van der Waals surface area contributed by atoms with Crippen LogP contribution < -0.4 is 20.1 Å². The Morgan fingerprint density at radius 3 is 2.39 bits per heavy atom. The number of aliphatic hydroxyl groups excluding tert-OH is 1. The molecule has 0 aliphatic carbocycles. The smallest absolute Gasteiger partial charge is 0.191 e. The van der Waals surface area contributed by atoms with Crippen molar-refractivity contribution in [2.45, 2.75) is 32.9 Å². The standard InChI is InChI=1S/C20H29N3O3S.HI/c1-5-15-8-9-16(27-15)12-22-20(21-6-2)23-13-17(24)14-7-10-18(25-3)19(11-14)26-4;/h7-11,17,24H,5-6,12-13H2,1-4H3,(H2,21,22,23);1H. The van der Waals surface area contributed by atoms with Gasteiger partial charge in [-0.25, -0.2) is 4.99 Å². The van der Waals surface area contributed by atoms with Crippen LogP contribution in [0.2, 0.25) is 0 Å². The van der Waals surface area contributed by atoms with Crippen molar-refractivity contribution in [3.63, 3.8) is 0 Å². The van der Waals surface area contributed by atoms with Crippen molar-refractivity contribution in [2.24, 2.45) is 4.99 Å². The van der Waals surface area contributed by atoms with Crippen LogP contribution in [0.5, 0.6) is 11.5 Å². The van der Waals surface area contributed by atoms with E-state index in [1.54, 1.807) is 37.7 Å². The van der Waals surface area contributed by atoms with Crippen LogP contribution in [0.15, 0.2) is 35.3 Å². The maximum absolute atomic E-state index is 10.5. The quantitative estimate of drug-likeness (QED) is 0.268. The van der Waals surface area contributed by atoms with Gasteiger partial charge in [-0.05, 0) is 43.2 Å². The van der Waals surface area contributed by atoms with E-state index < -0.39 is 6.10 Å². The van der Waals surface area contributed by atoms with Gasteiger partial charge in [-0.1, -0.05) is 13.0 Å². The molecular weight excluding hydrogens is 489 g/mol. The lowest BCUT2D eigenvalue weighted by Crippen LogP contribution is -2.39. The summed E-state index contributed by atoms with van der Waals surface area (Å²) in [6, 6.07) is 9.67. The molecule has 2 aromatic rings. The zero-order chi connectivity index (χ0) is 19.6. The Kier molecular flexibility index (Phi) is 11.2. The molecule has 1 atom stereocenters. The summed E-state index contributed by atoms with van der Waals surface area (Å²) in [6.45, 7) is 5.88. The van der Waals surface area contributed by atoms with Gasteiger partial charge < -0.3 is 25.2 Å². The minimum atomic E-state index is -0.693. The SMILES string of the molecule is CCNC(=NCc1ccc(CC)s1)NCC(O)c1ccc(OC)c(OC)c1.I. The molecular formula is C20H30IN3O3S. The van der Waals surface area contributed by atoms with E-state index in [0.717, 1.165) is 18.5 Å². The zero-order valence-corrected chi connectivity index (χ0v) is 20.0. The molecule has 0 amide bonds. The Bertz CT molecular complexity index is 752. The summed E-state index contributed by atoms with van der Waals surface area (Å²) in [5.41, 5.74) is 0.752. The van der Waals surface area contributed by atoms with Gasteiger partial charge in [-0.3, -0.25) is 0 Å². The second-order valence-electron chi connectivity index (χ2n) is 5.93. The Labute approximate surface area is 188 Å². The molecule has 1 aromatic heterocycles. The summed E-state index contributed by atoms with van der Waals surface area (Å²) in [7, 11) is 3.17. The van der Waals surface area contributed by atoms with Gasteiger partial charge in [0, 0.05) is 22.8 Å². The van der Waals surface area contributed by atoms with E-state index in [-0.39, 0.29) is 24.0 Å². The first kappa shape index (κ1) is 24.5. The fraction of sp³-hybridized carbons (Fsp3) is 0.450. The van der Waals surface area contributed by atoms with Crippen LogP contribution in [-0.4, -0.2) is 38.4 Å². The minimum absolute atomic E-state index is 0. The highest BCUT2D eigenvalue weighted by atomic mass is 127. The monoisotopic (exact) mass is 519 g/mol. The number of aryl methyl sites for hydroxylation is 1. The number of ether oxygens (including phenoxy) is 2. The Balaban J connectivity index is 0.00000392. The number of hydrogen-bond donors (Lipinski definition) is 3. The summed E-state index contributed by atoms with van der Waals surface area (Å²) in [5, 5.41) is 16.9. The van der Waals surface area contributed by atoms with E-state index >= 15 is 0 Å². The van der Waals surface area contributed by atoms with E-state index in [0.29, 0.717) is 30.5 Å². The number of aliphatic imine (C=N–C) groups is 1. The van der Waals surface area contributed by atoms with Gasteiger partial charge in [0.1, 0.15) is 0 Å². The molecule has 1 heterocycles. The zero-order valence-electron chi connectivity index (χ0n) is 16.8. The first-order valence-electron chi connectivity index (χ1n) is 9.11. The number of thiophene rings is 1. The molecule has 2 rings (SSSR count). The first-order chi connectivity index (χ1) is 13.1. The average Bonchev–Trinajstić information content (AvgIpc) is 3.17. The van der Waals surface area contributed by atoms with Crippen LogP contribution >= 0.6 is 35.3 Å². The summed E-state index contributed by atoms with van der Waals surface area (Å²) in [4.78, 5) is 7.20. The third kappa shape index (κ3) is 7.14. The van der Waals surface area contributed by atoms with Gasteiger partial charge in [-0.2, -0.15) is 0 Å². The molecule has 156 valence electrons. The Hall–Kier alpha value is -1.52. The average molecular weight is 519 g/mol. The molecule has 0 aliphatic rings. The molecule has 1 unspecified atom stereocenters. The molecule has 8 heteroatoms. The topological polar surface area (TPSA) is 75.1 Å². The van der Waals surface area contributed by atoms with E-state index in [9.17, 15) is 5.11 Å². The number of benzene rings is 1. The second-order valence-corrected chi connectivity index (χ2v) is 7.18. The van der Waals surface area contributed by atoms with Gasteiger partial charge in [0.25, 0.3) is 0 Å². The van der Waals surface area contributed by atoms with Crippen LogP contribution in [0, 0.1) is 0 Å². The van der Waals surface area contributed by atoms with Crippen molar-refractivity contribution < 1.29 is 14.6 Å². The van der Waals surface area contributed by atoms with Crippen molar-refractivity contribution in [3.05, 3.63) is 45.6 Å². The maximum Gasteiger partial charge on any atom is 0.191 e. The molecule has 6 nitrogen and oxygen atoms in total. The predicted octanol–water partition coefficient (Wildman–Crippen LogP) is 3.73. The van der Waals surface area contributed by atoms with Crippen LogP contribution in [0.4, 0.5) is 0 Å². The highest BCUT2D eigenvalue weighted by Crippen LogP contribution is 2.29. The molecule has 0 bridgehead atoms. The minimum Gasteiger partial charge on any atom is -0.493 e. The third-order valence-corrected chi connectivity index (χ3v) is 5.27. The van der Waals surface area contributed by atoms with Gasteiger partial charge in [0.15, 0.2) is 17.5 Å². The summed E-state index contributed by atoms with van der Waals surface area (Å²) < 4.78 is 10.5. The summed E-state index contributed by atoms with van der Waals surface area (Å²) in [5.74, 6) is 1.92. The number of methoxy groups -OCH3 is 2. The molecule has 0 aliphatic heterocycles. The Morgan fingerprint density at radius 2 is 1.79 bits per heavy atom. The van der Waals surface area contributed by atoms with Crippen molar-refractivity contribution in [3.8, 4) is 11.5 Å². The molecule has 0 fully saturated rings. The van der Waals surface area contributed by atoms with Crippen LogP contribution in [0.25, 0.3) is 0 Å². The number of nitrogens with zero attached hydrogens (tertiary/aromatic N) is 1. The number of aliphatic hydroxyl groups is 1. The molecule has 1 aromatic carbocycles. The fourth-order valence-electron chi connectivity index (χ4n) is 2.57. The first-order valence-corrected chi connectivity index (χ1v) is 9.92. The Morgan fingerprint density at radius 1 is 1.07 bits per heavy atom. The number of nitrogens with one attached hydrogen (secondary N) is 2. The highest BCUT2D eigenvalue weighted by Gasteiger charge is 2.12. The van der Waals surface area contributed by atoms with Gasteiger partial charge >= 0.3 is 0 Å². The van der Waals surface area contributed by atoms with Crippen molar-refractivity contribution in [1.29, 1.82) is 0 Å². The predicted molar refractivity (Wildman–Crippen MR) is 126 cm³/mol. The molecule has 3 N–H and O–H groups in total. The van der Waals surface area contributed by atoms with Crippen LogP contribution in [-0.2, 0) is 13.0 Å². The van der Waals surface area contributed by atoms with E-state index in [1.165, 1.54) is 9.75 Å². The fourth-order valence-corrected chi connectivity index (χ4v) is 3.45. The molecule has 0 radical (unpaired) electrons.